The van der Waals surface area contributed by atoms with E-state index in [9.17, 15) is 12.8 Å². The van der Waals surface area contributed by atoms with Crippen LogP contribution in [-0.2, 0) is 29.6 Å². The normalized spacial score (nSPS) is 11.4. The molecular weight excluding hydrogens is 535 g/mol. The number of ether oxygens (including phenoxy) is 2. The van der Waals surface area contributed by atoms with E-state index < -0.39 is 15.8 Å². The van der Waals surface area contributed by atoms with Gasteiger partial charge in [0.25, 0.3) is 0 Å². The van der Waals surface area contributed by atoms with E-state index in [1.54, 1.807) is 30.3 Å². The fraction of sp³-hybridized carbons (Fsp3) is 0.217. The highest BCUT2D eigenvalue weighted by Gasteiger charge is 2.13. The van der Waals surface area contributed by atoms with Crippen LogP contribution < -0.4 is 19.9 Å². The Morgan fingerprint density at radius 1 is 1.12 bits per heavy atom. The number of hydrogen-bond donors (Lipinski definition) is 2. The number of nitrogens with two attached hydrogens (primary N) is 1. The van der Waals surface area contributed by atoms with Crippen LogP contribution in [0.2, 0.25) is 5.02 Å². The van der Waals surface area contributed by atoms with Gasteiger partial charge in [-0.3, -0.25) is 0 Å². The van der Waals surface area contributed by atoms with Gasteiger partial charge in [-0.05, 0) is 60.5 Å². The zero-order chi connectivity index (χ0) is 24.0. The number of halogens is 3. The van der Waals surface area contributed by atoms with Gasteiger partial charge in [-0.1, -0.05) is 45.7 Å². The topological polar surface area (TPSA) is 90.6 Å². The van der Waals surface area contributed by atoms with E-state index in [-0.39, 0.29) is 17.1 Å². The molecule has 10 heteroatoms. The zero-order valence-electron chi connectivity index (χ0n) is 17.8. The molecule has 0 spiro atoms. The third-order valence-electron chi connectivity index (χ3n) is 4.92. The van der Waals surface area contributed by atoms with Crippen molar-refractivity contribution in [2.45, 2.75) is 24.5 Å². The number of primary sulfonamides is 1. The van der Waals surface area contributed by atoms with Gasteiger partial charge in [0.1, 0.15) is 12.4 Å². The number of methoxy groups -OCH3 is 1. The van der Waals surface area contributed by atoms with Gasteiger partial charge < -0.3 is 14.8 Å². The van der Waals surface area contributed by atoms with Crippen molar-refractivity contribution in [3.05, 3.63) is 86.6 Å². The monoisotopic (exact) mass is 556 g/mol. The molecular formula is C23H23BrClFN2O4S. The van der Waals surface area contributed by atoms with Gasteiger partial charge in [-0.2, -0.15) is 0 Å². The first-order valence-corrected chi connectivity index (χ1v) is 12.7. The van der Waals surface area contributed by atoms with E-state index in [1.165, 1.54) is 25.3 Å². The molecule has 0 aliphatic carbocycles. The van der Waals surface area contributed by atoms with E-state index in [2.05, 4.69) is 21.2 Å². The highest BCUT2D eigenvalue weighted by atomic mass is 79.9. The molecule has 3 N–H and O–H groups in total. The second-order valence-corrected chi connectivity index (χ2v) is 10.0. The van der Waals surface area contributed by atoms with Crippen LogP contribution in [0, 0.1) is 5.82 Å². The van der Waals surface area contributed by atoms with Gasteiger partial charge in [-0.15, -0.1) is 0 Å². The van der Waals surface area contributed by atoms with Gasteiger partial charge in [-0.25, -0.2) is 17.9 Å². The van der Waals surface area contributed by atoms with Crippen molar-refractivity contribution in [2.75, 3.05) is 13.7 Å². The standard InChI is InChI=1S/C23H23BrClFN2O4S/c1-31-22-11-16(13-28-10-9-15-5-7-17(8-6-15)33(27,29)30)19(24)12-23(22)32-14-18-20(25)3-2-4-21(18)26/h2-8,11-12,28H,9-10,13-14H2,1H3,(H2,27,29,30). The summed E-state index contributed by atoms with van der Waals surface area (Å²) in [6.45, 7) is 1.20. The molecule has 0 fully saturated rings. The molecule has 0 atom stereocenters. The number of nitrogens with one attached hydrogen (secondary N) is 1. The van der Waals surface area contributed by atoms with Gasteiger partial charge >= 0.3 is 0 Å². The van der Waals surface area contributed by atoms with Crippen molar-refractivity contribution in [1.29, 1.82) is 0 Å². The SMILES string of the molecule is COc1cc(CNCCc2ccc(S(N)(=O)=O)cc2)c(Br)cc1OCc1c(F)cccc1Cl. The Morgan fingerprint density at radius 3 is 2.48 bits per heavy atom. The fourth-order valence-corrected chi connectivity index (χ4v) is 4.30. The molecule has 176 valence electrons. The first-order valence-electron chi connectivity index (χ1n) is 9.93. The Morgan fingerprint density at radius 2 is 1.85 bits per heavy atom. The lowest BCUT2D eigenvalue weighted by Gasteiger charge is -2.15. The number of rotatable bonds is 10. The summed E-state index contributed by atoms with van der Waals surface area (Å²) in [5, 5.41) is 8.76. The minimum Gasteiger partial charge on any atom is -0.493 e. The average molecular weight is 558 g/mol. The summed E-state index contributed by atoms with van der Waals surface area (Å²) in [7, 11) is -2.15. The lowest BCUT2D eigenvalue weighted by atomic mass is 10.1. The number of hydrogen-bond acceptors (Lipinski definition) is 5. The molecule has 0 aliphatic heterocycles. The largest absolute Gasteiger partial charge is 0.493 e. The third-order valence-corrected chi connectivity index (χ3v) is 6.95. The molecule has 0 bridgehead atoms. The van der Waals surface area contributed by atoms with Crippen LogP contribution in [0.25, 0.3) is 0 Å². The van der Waals surface area contributed by atoms with Crippen molar-refractivity contribution >= 4 is 37.6 Å². The molecule has 0 amide bonds. The van der Waals surface area contributed by atoms with E-state index in [0.29, 0.717) is 36.0 Å². The second kappa shape index (κ2) is 11.3. The van der Waals surface area contributed by atoms with Gasteiger partial charge in [0, 0.05) is 16.6 Å². The van der Waals surface area contributed by atoms with Crippen LogP contribution in [-0.4, -0.2) is 22.1 Å². The molecule has 33 heavy (non-hydrogen) atoms. The highest BCUT2D eigenvalue weighted by molar-refractivity contribution is 9.10. The molecule has 6 nitrogen and oxygen atoms in total. The van der Waals surface area contributed by atoms with Crippen LogP contribution in [0.4, 0.5) is 4.39 Å². The van der Waals surface area contributed by atoms with Crippen LogP contribution in [0.15, 0.2) is 64.0 Å². The fourth-order valence-electron chi connectivity index (χ4n) is 3.11. The van der Waals surface area contributed by atoms with Gasteiger partial charge in [0.2, 0.25) is 10.0 Å². The Kier molecular flexibility index (Phi) is 8.72. The molecule has 0 saturated heterocycles. The second-order valence-electron chi connectivity index (χ2n) is 7.20. The van der Waals surface area contributed by atoms with Crippen molar-refractivity contribution in [1.82, 2.24) is 5.32 Å². The maximum absolute atomic E-state index is 14.0. The molecule has 0 unspecified atom stereocenters. The summed E-state index contributed by atoms with van der Waals surface area (Å²) < 4.78 is 48.7. The summed E-state index contributed by atoms with van der Waals surface area (Å²) in [5.74, 6) is 0.545. The molecule has 3 rings (SSSR count). The third kappa shape index (κ3) is 6.91. The average Bonchev–Trinajstić information content (AvgIpc) is 2.77. The van der Waals surface area contributed by atoms with E-state index in [4.69, 9.17) is 26.2 Å². The molecule has 3 aromatic carbocycles. The minimum absolute atomic E-state index is 0.0316. The minimum atomic E-state index is -3.69. The molecule has 0 saturated carbocycles. The van der Waals surface area contributed by atoms with Crippen molar-refractivity contribution in [3.8, 4) is 11.5 Å². The van der Waals surface area contributed by atoms with E-state index >= 15 is 0 Å². The predicted molar refractivity (Wildman–Crippen MR) is 130 cm³/mol. The molecule has 3 aromatic rings. The predicted octanol–water partition coefficient (Wildman–Crippen LogP) is 4.81. The smallest absolute Gasteiger partial charge is 0.238 e. The summed E-state index contributed by atoms with van der Waals surface area (Å²) >= 11 is 9.61. The molecule has 0 heterocycles. The summed E-state index contributed by atoms with van der Waals surface area (Å²) in [6, 6.07) is 14.6. The molecule has 0 radical (unpaired) electrons. The van der Waals surface area contributed by atoms with Crippen LogP contribution in [0.1, 0.15) is 16.7 Å². The maximum Gasteiger partial charge on any atom is 0.238 e. The Bertz CT molecular complexity index is 1200. The van der Waals surface area contributed by atoms with Crippen LogP contribution in [0.3, 0.4) is 0 Å². The zero-order valence-corrected chi connectivity index (χ0v) is 20.9. The number of benzene rings is 3. The van der Waals surface area contributed by atoms with E-state index in [1.807, 2.05) is 6.07 Å². The van der Waals surface area contributed by atoms with Gasteiger partial charge in [0.05, 0.1) is 17.0 Å². The summed E-state index contributed by atoms with van der Waals surface area (Å²) in [4.78, 5) is 0.0924. The van der Waals surface area contributed by atoms with Crippen LogP contribution in [0.5, 0.6) is 11.5 Å². The number of sulfonamides is 1. The Balaban J connectivity index is 1.59. The van der Waals surface area contributed by atoms with Gasteiger partial charge in [0.15, 0.2) is 11.5 Å². The van der Waals surface area contributed by atoms with E-state index in [0.717, 1.165) is 15.6 Å². The quantitative estimate of drug-likeness (QED) is 0.349. The first kappa shape index (κ1) is 25.5. The lowest BCUT2D eigenvalue weighted by molar-refractivity contribution is 0.279. The van der Waals surface area contributed by atoms with Crippen molar-refractivity contribution < 1.29 is 22.3 Å². The lowest BCUT2D eigenvalue weighted by Crippen LogP contribution is -2.17. The maximum atomic E-state index is 14.0. The first-order chi connectivity index (χ1) is 15.7. The highest BCUT2D eigenvalue weighted by Crippen LogP contribution is 2.34. The summed E-state index contributed by atoms with van der Waals surface area (Å²) in [6.07, 6.45) is 0.713. The van der Waals surface area contributed by atoms with Crippen molar-refractivity contribution in [2.24, 2.45) is 5.14 Å². The molecule has 0 aliphatic rings. The Hall–Kier alpha value is -2.17. The summed E-state index contributed by atoms with van der Waals surface area (Å²) in [5.41, 5.74) is 2.22. The van der Waals surface area contributed by atoms with Crippen molar-refractivity contribution in [3.63, 3.8) is 0 Å². The molecule has 0 aromatic heterocycles. The Labute approximate surface area is 206 Å². The van der Waals surface area contributed by atoms with Crippen LogP contribution >= 0.6 is 27.5 Å².